The first kappa shape index (κ1) is 18.5. The molecule has 1 aromatic heterocycles. The van der Waals surface area contributed by atoms with Gasteiger partial charge in [-0.1, -0.05) is 59.3 Å². The van der Waals surface area contributed by atoms with Crippen LogP contribution in [0.15, 0.2) is 47.6 Å². The van der Waals surface area contributed by atoms with Gasteiger partial charge in [0.1, 0.15) is 0 Å². The monoisotopic (exact) mass is 386 g/mol. The van der Waals surface area contributed by atoms with E-state index in [2.05, 4.69) is 15.5 Å². The summed E-state index contributed by atoms with van der Waals surface area (Å²) in [5.74, 6) is 0.907. The Labute approximate surface area is 161 Å². The first-order valence-electron chi connectivity index (χ1n) is 8.09. The third-order valence-corrected chi connectivity index (χ3v) is 5.21. The standard InChI is InChI=1S/C19H19ClN4OS/c1-12-4-7-14(8-5-12)18-22-23-19(24(18)3)26-11-17(25)21-16-10-15(20)9-6-13(16)2/h4-10H,11H2,1-3H3,(H,21,25). The number of benzene rings is 2. The Morgan fingerprint density at radius 1 is 1.15 bits per heavy atom. The van der Waals surface area contributed by atoms with Gasteiger partial charge in [-0.25, -0.2) is 0 Å². The van der Waals surface area contributed by atoms with Crippen LogP contribution in [0.4, 0.5) is 5.69 Å². The number of halogens is 1. The van der Waals surface area contributed by atoms with E-state index in [1.165, 1.54) is 17.3 Å². The summed E-state index contributed by atoms with van der Waals surface area (Å²) in [5, 5.41) is 12.6. The van der Waals surface area contributed by atoms with E-state index in [0.29, 0.717) is 10.2 Å². The van der Waals surface area contributed by atoms with Gasteiger partial charge in [-0.15, -0.1) is 10.2 Å². The van der Waals surface area contributed by atoms with Crippen LogP contribution in [0.25, 0.3) is 11.4 Å². The SMILES string of the molecule is Cc1ccc(-c2nnc(SCC(=O)Nc3cc(Cl)ccc3C)n2C)cc1. The third-order valence-electron chi connectivity index (χ3n) is 3.95. The van der Waals surface area contributed by atoms with Crippen molar-refractivity contribution in [3.8, 4) is 11.4 Å². The number of nitrogens with zero attached hydrogens (tertiary/aromatic N) is 3. The molecule has 0 bridgehead atoms. The van der Waals surface area contributed by atoms with Gasteiger partial charge in [0.25, 0.3) is 0 Å². The van der Waals surface area contributed by atoms with Gasteiger partial charge in [0.15, 0.2) is 11.0 Å². The summed E-state index contributed by atoms with van der Waals surface area (Å²) < 4.78 is 1.90. The molecule has 2 aromatic carbocycles. The van der Waals surface area contributed by atoms with Gasteiger partial charge in [-0.05, 0) is 31.5 Å². The minimum Gasteiger partial charge on any atom is -0.325 e. The lowest BCUT2D eigenvalue weighted by atomic mass is 10.1. The molecule has 0 radical (unpaired) electrons. The fourth-order valence-electron chi connectivity index (χ4n) is 2.44. The van der Waals surface area contributed by atoms with Crippen molar-refractivity contribution in [1.82, 2.24) is 14.8 Å². The van der Waals surface area contributed by atoms with Crippen LogP contribution in [-0.2, 0) is 11.8 Å². The van der Waals surface area contributed by atoms with Crippen LogP contribution < -0.4 is 5.32 Å². The van der Waals surface area contributed by atoms with Crippen LogP contribution in [0.3, 0.4) is 0 Å². The summed E-state index contributed by atoms with van der Waals surface area (Å²) in [7, 11) is 1.90. The van der Waals surface area contributed by atoms with Crippen molar-refractivity contribution in [1.29, 1.82) is 0 Å². The summed E-state index contributed by atoms with van der Waals surface area (Å²) in [4.78, 5) is 12.2. The first-order chi connectivity index (χ1) is 12.4. The number of hydrogen-bond donors (Lipinski definition) is 1. The highest BCUT2D eigenvalue weighted by Crippen LogP contribution is 2.24. The number of aromatic nitrogens is 3. The predicted molar refractivity (Wildman–Crippen MR) is 107 cm³/mol. The molecule has 0 spiro atoms. The highest BCUT2D eigenvalue weighted by atomic mass is 35.5. The minimum absolute atomic E-state index is 0.111. The zero-order valence-electron chi connectivity index (χ0n) is 14.8. The molecule has 0 aliphatic heterocycles. The Hall–Kier alpha value is -2.31. The van der Waals surface area contributed by atoms with E-state index in [1.54, 1.807) is 12.1 Å². The average molecular weight is 387 g/mol. The van der Waals surface area contributed by atoms with Crippen molar-refractivity contribution in [2.45, 2.75) is 19.0 Å². The molecule has 0 unspecified atom stereocenters. The Morgan fingerprint density at radius 2 is 1.88 bits per heavy atom. The molecule has 1 N–H and O–H groups in total. The maximum atomic E-state index is 12.2. The van der Waals surface area contributed by atoms with E-state index < -0.39 is 0 Å². The molecule has 0 aliphatic rings. The lowest BCUT2D eigenvalue weighted by Gasteiger charge is -2.08. The van der Waals surface area contributed by atoms with Gasteiger partial charge >= 0.3 is 0 Å². The van der Waals surface area contributed by atoms with E-state index in [0.717, 1.165) is 22.6 Å². The Kier molecular flexibility index (Phi) is 5.64. The fourth-order valence-corrected chi connectivity index (χ4v) is 3.32. The lowest BCUT2D eigenvalue weighted by Crippen LogP contribution is -2.15. The van der Waals surface area contributed by atoms with Crippen molar-refractivity contribution in [2.24, 2.45) is 7.05 Å². The van der Waals surface area contributed by atoms with Gasteiger partial charge in [-0.2, -0.15) is 0 Å². The van der Waals surface area contributed by atoms with Crippen molar-refractivity contribution in [3.63, 3.8) is 0 Å². The Balaban J connectivity index is 1.65. The second-order valence-electron chi connectivity index (χ2n) is 6.03. The van der Waals surface area contributed by atoms with Gasteiger partial charge in [-0.3, -0.25) is 4.79 Å². The Morgan fingerprint density at radius 3 is 2.62 bits per heavy atom. The molecule has 0 saturated heterocycles. The molecule has 0 atom stereocenters. The molecular formula is C19H19ClN4OS. The van der Waals surface area contributed by atoms with E-state index in [1.807, 2.05) is 55.8 Å². The van der Waals surface area contributed by atoms with Crippen molar-refractivity contribution in [3.05, 3.63) is 58.6 Å². The fraction of sp³-hybridized carbons (Fsp3) is 0.211. The van der Waals surface area contributed by atoms with Gasteiger partial charge in [0.2, 0.25) is 5.91 Å². The van der Waals surface area contributed by atoms with Crippen LogP contribution in [0.5, 0.6) is 0 Å². The van der Waals surface area contributed by atoms with E-state index >= 15 is 0 Å². The van der Waals surface area contributed by atoms with Crippen LogP contribution in [0.2, 0.25) is 5.02 Å². The summed E-state index contributed by atoms with van der Waals surface area (Å²) >= 11 is 7.33. The van der Waals surface area contributed by atoms with Crippen molar-refractivity contribution in [2.75, 3.05) is 11.1 Å². The molecule has 0 saturated carbocycles. The smallest absolute Gasteiger partial charge is 0.234 e. The number of hydrogen-bond acceptors (Lipinski definition) is 4. The number of thioether (sulfide) groups is 1. The van der Waals surface area contributed by atoms with Crippen LogP contribution in [-0.4, -0.2) is 26.4 Å². The predicted octanol–water partition coefficient (Wildman–Crippen LogP) is 4.48. The molecule has 3 aromatic rings. The number of aryl methyl sites for hydroxylation is 2. The molecule has 1 amide bonds. The van der Waals surface area contributed by atoms with E-state index in [4.69, 9.17) is 11.6 Å². The van der Waals surface area contributed by atoms with E-state index in [9.17, 15) is 4.79 Å². The highest BCUT2D eigenvalue weighted by Gasteiger charge is 2.13. The molecule has 0 fully saturated rings. The molecule has 0 aliphatic carbocycles. The molecule has 26 heavy (non-hydrogen) atoms. The molecular weight excluding hydrogens is 368 g/mol. The molecule has 134 valence electrons. The maximum Gasteiger partial charge on any atom is 0.234 e. The maximum absolute atomic E-state index is 12.2. The van der Waals surface area contributed by atoms with E-state index in [-0.39, 0.29) is 11.7 Å². The minimum atomic E-state index is -0.111. The largest absolute Gasteiger partial charge is 0.325 e. The second-order valence-corrected chi connectivity index (χ2v) is 7.41. The quantitative estimate of drug-likeness (QED) is 0.656. The summed E-state index contributed by atoms with van der Waals surface area (Å²) in [6, 6.07) is 13.5. The average Bonchev–Trinajstić information content (AvgIpc) is 2.98. The second kappa shape index (κ2) is 7.93. The first-order valence-corrected chi connectivity index (χ1v) is 9.45. The molecule has 1 heterocycles. The summed E-state index contributed by atoms with van der Waals surface area (Å²) in [5.41, 5.74) is 3.88. The third kappa shape index (κ3) is 4.26. The van der Waals surface area contributed by atoms with Gasteiger partial charge in [0.05, 0.1) is 5.75 Å². The number of rotatable bonds is 5. The molecule has 5 nitrogen and oxygen atoms in total. The lowest BCUT2D eigenvalue weighted by molar-refractivity contribution is -0.113. The number of anilines is 1. The van der Waals surface area contributed by atoms with Crippen LogP contribution >= 0.6 is 23.4 Å². The number of amides is 1. The number of carbonyl (C=O) groups is 1. The topological polar surface area (TPSA) is 59.8 Å². The zero-order valence-corrected chi connectivity index (χ0v) is 16.4. The van der Waals surface area contributed by atoms with Crippen LogP contribution in [0, 0.1) is 13.8 Å². The highest BCUT2D eigenvalue weighted by molar-refractivity contribution is 7.99. The number of nitrogens with one attached hydrogen (secondary N) is 1. The van der Waals surface area contributed by atoms with Crippen LogP contribution in [0.1, 0.15) is 11.1 Å². The summed E-state index contributed by atoms with van der Waals surface area (Å²) in [6.07, 6.45) is 0. The van der Waals surface area contributed by atoms with Crippen molar-refractivity contribution < 1.29 is 4.79 Å². The molecule has 3 rings (SSSR count). The van der Waals surface area contributed by atoms with Crippen molar-refractivity contribution >= 4 is 35.0 Å². The normalized spacial score (nSPS) is 10.8. The van der Waals surface area contributed by atoms with Gasteiger partial charge in [0, 0.05) is 23.3 Å². The summed E-state index contributed by atoms with van der Waals surface area (Å²) in [6.45, 7) is 3.97. The molecule has 7 heteroatoms. The number of carbonyl (C=O) groups excluding carboxylic acids is 1. The zero-order chi connectivity index (χ0) is 18.7. The van der Waals surface area contributed by atoms with Gasteiger partial charge < -0.3 is 9.88 Å². The Bertz CT molecular complexity index is 937.